The van der Waals surface area contributed by atoms with Crippen molar-refractivity contribution in [2.45, 2.75) is 57.3 Å². The number of aromatic amines is 1. The van der Waals surface area contributed by atoms with Crippen molar-refractivity contribution in [1.82, 2.24) is 40.2 Å². The van der Waals surface area contributed by atoms with E-state index in [1.807, 2.05) is 18.2 Å². The number of hydrogen-bond acceptors (Lipinski definition) is 7. The number of nitrogens with one attached hydrogen (secondary N) is 2. The molecule has 50 heavy (non-hydrogen) atoms. The number of likely N-dealkylation sites (tertiary alicyclic amines) is 1. The number of piperidine rings is 1. The van der Waals surface area contributed by atoms with Crippen LogP contribution in [0.2, 0.25) is 0 Å². The molecule has 0 bridgehead atoms. The molecule has 5 aromatic rings. The summed E-state index contributed by atoms with van der Waals surface area (Å²) >= 11 is 0. The highest BCUT2D eigenvalue weighted by atomic mass is 19.4. The second kappa shape index (κ2) is 13.8. The fourth-order valence-electron chi connectivity index (χ4n) is 5.75. The lowest BCUT2D eigenvalue weighted by atomic mass is 9.88. The lowest BCUT2D eigenvalue weighted by Gasteiger charge is -2.32. The summed E-state index contributed by atoms with van der Waals surface area (Å²) < 4.78 is 55.5. The van der Waals surface area contributed by atoms with Crippen molar-refractivity contribution in [3.63, 3.8) is 0 Å². The molecule has 0 spiro atoms. The quantitative estimate of drug-likeness (QED) is 0.151. The number of carbonyl (C=O) groups is 2. The summed E-state index contributed by atoms with van der Waals surface area (Å²) in [6, 6.07) is 16.3. The second-order valence-electron chi connectivity index (χ2n) is 12.8. The Labute approximate surface area is 284 Å². The van der Waals surface area contributed by atoms with Gasteiger partial charge in [0.05, 0.1) is 23.9 Å². The molecule has 11 nitrogen and oxygen atoms in total. The van der Waals surface area contributed by atoms with E-state index in [2.05, 4.69) is 47.6 Å². The number of nitrogens with zero attached hydrogens (tertiary/aromatic N) is 6. The number of carboxylic acid groups (broad SMARTS) is 1. The number of halogens is 4. The number of carbonyl (C=O) groups excluding carboxylic acids is 1. The molecule has 6 rings (SSSR count). The average Bonchev–Trinajstić information content (AvgIpc) is 3.79. The summed E-state index contributed by atoms with van der Waals surface area (Å²) in [7, 11) is 0. The lowest BCUT2D eigenvalue weighted by molar-refractivity contribution is -0.182. The fourth-order valence-corrected chi connectivity index (χ4v) is 5.75. The predicted octanol–water partition coefficient (Wildman–Crippen LogP) is 6.04. The molecule has 1 saturated heterocycles. The monoisotopic (exact) mass is 690 g/mol. The fraction of sp³-hybridized carbons (Fsp3) is 0.314. The summed E-state index contributed by atoms with van der Waals surface area (Å²) in [5.41, 5.74) is 1.55. The van der Waals surface area contributed by atoms with Gasteiger partial charge in [-0.3, -0.25) is 14.8 Å². The smallest absolute Gasteiger partial charge is 0.401 e. The van der Waals surface area contributed by atoms with Gasteiger partial charge in [-0.05, 0) is 86.7 Å². The van der Waals surface area contributed by atoms with Crippen LogP contribution in [0.25, 0.3) is 16.9 Å². The lowest BCUT2D eigenvalue weighted by Crippen LogP contribution is -2.37. The topological polar surface area (TPSA) is 142 Å². The number of alkyl halides is 3. The average molecular weight is 691 g/mol. The van der Waals surface area contributed by atoms with Crippen molar-refractivity contribution in [2.75, 3.05) is 13.1 Å². The number of rotatable bonds is 10. The van der Waals surface area contributed by atoms with Gasteiger partial charge >= 0.3 is 12.1 Å². The maximum atomic E-state index is 14.2. The van der Waals surface area contributed by atoms with E-state index in [4.69, 9.17) is 5.11 Å². The van der Waals surface area contributed by atoms with E-state index in [0.717, 1.165) is 68.6 Å². The van der Waals surface area contributed by atoms with Crippen LogP contribution in [-0.4, -0.2) is 71.1 Å². The minimum Gasteiger partial charge on any atom is -0.478 e. The van der Waals surface area contributed by atoms with E-state index in [9.17, 15) is 27.2 Å². The van der Waals surface area contributed by atoms with Crippen LogP contribution in [-0.2, 0) is 18.5 Å². The third-order valence-electron chi connectivity index (χ3n) is 9.02. The van der Waals surface area contributed by atoms with E-state index < -0.39 is 35.1 Å². The molecule has 3 N–H and O–H groups in total. The summed E-state index contributed by atoms with van der Waals surface area (Å²) in [4.78, 5) is 34.5. The highest BCUT2D eigenvalue weighted by Crippen LogP contribution is 2.38. The SMILES string of the molecule is CC(C)(c1n[nH]c(CNC(=O)c2cnn(-c3ccc(-c4ccc(CN5CCC(c6ccc(C(=O)O)c(F)c6)CC5)cc4)cn3)c2)n1)C(F)(F)F. The molecule has 15 heteroatoms. The second-order valence-corrected chi connectivity index (χ2v) is 12.8. The Hall–Kier alpha value is -5.44. The standard InChI is InChI=1S/C35H34F4N8O3/c1-34(2,35(37,38)39)33-43-29(44-45-33)18-41-31(48)26-17-42-47(20-26)30-10-8-25(16-40-30)22-5-3-21(4-6-22)19-46-13-11-23(12-14-46)24-7-9-27(32(49)50)28(36)15-24/h3-10,15-17,20,23H,11-14,18-19H2,1-2H3,(H,41,48)(H,49,50)(H,43,44,45). The first kappa shape index (κ1) is 34.4. The molecule has 0 unspecified atom stereocenters. The van der Waals surface area contributed by atoms with Gasteiger partial charge in [0.15, 0.2) is 11.6 Å². The van der Waals surface area contributed by atoms with Gasteiger partial charge in [-0.2, -0.15) is 23.4 Å². The van der Waals surface area contributed by atoms with Crippen molar-refractivity contribution in [3.8, 4) is 16.9 Å². The van der Waals surface area contributed by atoms with Gasteiger partial charge in [-0.1, -0.05) is 30.3 Å². The van der Waals surface area contributed by atoms with Gasteiger partial charge in [-0.15, -0.1) is 0 Å². The van der Waals surface area contributed by atoms with Gasteiger partial charge in [0.2, 0.25) is 0 Å². The maximum Gasteiger partial charge on any atom is 0.401 e. The Morgan fingerprint density at radius 1 is 1.00 bits per heavy atom. The van der Waals surface area contributed by atoms with Crippen LogP contribution in [0.4, 0.5) is 17.6 Å². The number of aromatic carboxylic acids is 1. The van der Waals surface area contributed by atoms with E-state index in [1.165, 1.54) is 29.2 Å². The van der Waals surface area contributed by atoms with Gasteiger partial charge in [0.1, 0.15) is 17.1 Å². The maximum absolute atomic E-state index is 14.2. The first-order valence-corrected chi connectivity index (χ1v) is 15.9. The molecule has 1 fully saturated rings. The molecule has 1 amide bonds. The number of carboxylic acids is 1. The van der Waals surface area contributed by atoms with Crippen molar-refractivity contribution >= 4 is 11.9 Å². The summed E-state index contributed by atoms with van der Waals surface area (Å²) in [6.45, 7) is 4.30. The van der Waals surface area contributed by atoms with Crippen LogP contribution < -0.4 is 5.32 Å². The van der Waals surface area contributed by atoms with Crippen LogP contribution in [0.1, 0.15) is 76.1 Å². The van der Waals surface area contributed by atoms with E-state index in [-0.39, 0.29) is 29.4 Å². The Morgan fingerprint density at radius 2 is 1.72 bits per heavy atom. The Kier molecular flexibility index (Phi) is 9.51. The van der Waals surface area contributed by atoms with Crippen LogP contribution >= 0.6 is 0 Å². The molecule has 1 aliphatic heterocycles. The highest BCUT2D eigenvalue weighted by molar-refractivity contribution is 5.93. The molecule has 3 aromatic heterocycles. The Morgan fingerprint density at radius 3 is 2.36 bits per heavy atom. The number of hydrogen-bond donors (Lipinski definition) is 3. The van der Waals surface area contributed by atoms with Crippen molar-refractivity contribution in [3.05, 3.63) is 113 Å². The zero-order chi connectivity index (χ0) is 35.6. The van der Waals surface area contributed by atoms with Gasteiger partial charge in [0, 0.05) is 24.5 Å². The molecule has 2 aromatic carbocycles. The summed E-state index contributed by atoms with van der Waals surface area (Å²) in [5.74, 6) is -2.10. The number of H-pyrrole nitrogens is 1. The van der Waals surface area contributed by atoms with Crippen LogP contribution in [0, 0.1) is 5.82 Å². The minimum absolute atomic E-state index is 0.0887. The predicted molar refractivity (Wildman–Crippen MR) is 174 cm³/mol. The molecule has 1 aliphatic rings. The van der Waals surface area contributed by atoms with Crippen LogP contribution in [0.5, 0.6) is 0 Å². The van der Waals surface area contributed by atoms with Crippen molar-refractivity contribution < 1.29 is 32.3 Å². The Balaban J connectivity index is 0.997. The number of amides is 1. The first-order valence-electron chi connectivity index (χ1n) is 15.9. The third-order valence-corrected chi connectivity index (χ3v) is 9.02. The van der Waals surface area contributed by atoms with E-state index in [0.29, 0.717) is 5.82 Å². The minimum atomic E-state index is -4.53. The van der Waals surface area contributed by atoms with Crippen molar-refractivity contribution in [2.24, 2.45) is 0 Å². The molecule has 4 heterocycles. The zero-order valence-corrected chi connectivity index (χ0v) is 27.2. The molecular formula is C35H34F4N8O3. The number of pyridine rings is 1. The molecular weight excluding hydrogens is 656 g/mol. The molecule has 0 atom stereocenters. The zero-order valence-electron chi connectivity index (χ0n) is 27.2. The number of benzene rings is 2. The third kappa shape index (κ3) is 7.42. The Bertz CT molecular complexity index is 1980. The normalized spacial score (nSPS) is 14.5. The van der Waals surface area contributed by atoms with E-state index >= 15 is 0 Å². The molecule has 260 valence electrons. The van der Waals surface area contributed by atoms with Gasteiger partial charge in [0.25, 0.3) is 5.91 Å². The number of aromatic nitrogens is 6. The van der Waals surface area contributed by atoms with Crippen molar-refractivity contribution in [1.29, 1.82) is 0 Å². The van der Waals surface area contributed by atoms with E-state index in [1.54, 1.807) is 18.3 Å². The molecule has 0 aliphatic carbocycles. The van der Waals surface area contributed by atoms with Crippen LogP contribution in [0.3, 0.4) is 0 Å². The highest BCUT2D eigenvalue weighted by Gasteiger charge is 2.51. The summed E-state index contributed by atoms with van der Waals surface area (Å²) in [5, 5.41) is 22.0. The van der Waals surface area contributed by atoms with Gasteiger partial charge < -0.3 is 10.4 Å². The van der Waals surface area contributed by atoms with Gasteiger partial charge in [-0.25, -0.2) is 23.8 Å². The summed E-state index contributed by atoms with van der Waals surface area (Å²) in [6.07, 6.45) is 1.77. The first-order chi connectivity index (χ1) is 23.8. The largest absolute Gasteiger partial charge is 0.478 e. The van der Waals surface area contributed by atoms with Crippen LogP contribution in [0.15, 0.2) is 73.2 Å². The molecule has 0 radical (unpaired) electrons. The molecule has 0 saturated carbocycles.